The topological polar surface area (TPSA) is 55.8 Å². The van der Waals surface area contributed by atoms with Gasteiger partial charge < -0.3 is 15.3 Å². The van der Waals surface area contributed by atoms with E-state index in [9.17, 15) is 9.90 Å². The lowest BCUT2D eigenvalue weighted by Gasteiger charge is -2.38. The second-order valence-corrected chi connectivity index (χ2v) is 6.46. The third-order valence-corrected chi connectivity index (χ3v) is 4.86. The van der Waals surface area contributed by atoms with Gasteiger partial charge in [-0.25, -0.2) is 0 Å². The van der Waals surface area contributed by atoms with Gasteiger partial charge in [0.15, 0.2) is 0 Å². The summed E-state index contributed by atoms with van der Waals surface area (Å²) in [6, 6.07) is 0.576. The lowest BCUT2D eigenvalue weighted by atomic mass is 9.83. The third kappa shape index (κ3) is 4.17. The van der Waals surface area contributed by atoms with Crippen molar-refractivity contribution in [1.29, 1.82) is 0 Å². The van der Waals surface area contributed by atoms with Crippen LogP contribution in [0.15, 0.2) is 0 Å². The molecule has 0 bridgehead atoms. The Hall–Kier alpha value is -0.650. The molecule has 2 fully saturated rings. The zero-order chi connectivity index (χ0) is 14.5. The fourth-order valence-electron chi connectivity index (χ4n) is 3.44. The van der Waals surface area contributed by atoms with Gasteiger partial charge in [-0.3, -0.25) is 9.69 Å². The van der Waals surface area contributed by atoms with E-state index in [1.807, 2.05) is 0 Å². The number of carboxylic acids is 1. The van der Waals surface area contributed by atoms with Crippen molar-refractivity contribution in [1.82, 2.24) is 15.1 Å². The normalized spacial score (nSPS) is 24.9. The fraction of sp³-hybridized carbons (Fsp3) is 0.933. The van der Waals surface area contributed by atoms with Crippen LogP contribution in [0.4, 0.5) is 0 Å². The number of aliphatic carboxylic acids is 1. The summed E-state index contributed by atoms with van der Waals surface area (Å²) in [5.74, 6) is -0.452. The molecule has 0 aliphatic carbocycles. The highest BCUT2D eigenvalue weighted by molar-refractivity contribution is 5.70. The van der Waals surface area contributed by atoms with Crippen molar-refractivity contribution in [3.05, 3.63) is 0 Å². The van der Waals surface area contributed by atoms with Crippen LogP contribution in [0.1, 0.15) is 26.7 Å². The Labute approximate surface area is 122 Å². The predicted molar refractivity (Wildman–Crippen MR) is 79.9 cm³/mol. The van der Waals surface area contributed by atoms with E-state index in [1.54, 1.807) is 0 Å². The van der Waals surface area contributed by atoms with E-state index in [0.29, 0.717) is 12.0 Å². The van der Waals surface area contributed by atoms with Crippen molar-refractivity contribution in [3.63, 3.8) is 0 Å². The van der Waals surface area contributed by atoms with Gasteiger partial charge >= 0.3 is 5.97 Å². The summed E-state index contributed by atoms with van der Waals surface area (Å²) in [7, 11) is 0. The highest BCUT2D eigenvalue weighted by Gasteiger charge is 2.33. The number of hydrogen-bond donors (Lipinski definition) is 2. The van der Waals surface area contributed by atoms with Gasteiger partial charge in [0.1, 0.15) is 0 Å². The van der Waals surface area contributed by atoms with Gasteiger partial charge in [-0.05, 0) is 45.7 Å². The summed E-state index contributed by atoms with van der Waals surface area (Å²) >= 11 is 0. The number of piperidine rings is 1. The quantitative estimate of drug-likeness (QED) is 0.778. The zero-order valence-electron chi connectivity index (χ0n) is 12.8. The first-order valence-corrected chi connectivity index (χ1v) is 7.98. The van der Waals surface area contributed by atoms with Crippen LogP contribution in [0, 0.1) is 11.8 Å². The number of carboxylic acid groups (broad SMARTS) is 1. The van der Waals surface area contributed by atoms with E-state index >= 15 is 0 Å². The van der Waals surface area contributed by atoms with E-state index < -0.39 is 5.97 Å². The molecule has 0 spiro atoms. The SMILES string of the molecule is CC(C)N1CCC(C(CN2CCNCC2)C(=O)O)CC1. The van der Waals surface area contributed by atoms with Crippen LogP contribution < -0.4 is 5.32 Å². The minimum Gasteiger partial charge on any atom is -0.481 e. The average Bonchev–Trinajstić information content (AvgIpc) is 2.45. The molecule has 0 aromatic rings. The maximum Gasteiger partial charge on any atom is 0.308 e. The summed E-state index contributed by atoms with van der Waals surface area (Å²) in [5.41, 5.74) is 0. The molecule has 2 aliphatic heterocycles. The molecule has 2 saturated heterocycles. The molecule has 116 valence electrons. The molecule has 0 amide bonds. The van der Waals surface area contributed by atoms with Gasteiger partial charge in [0.2, 0.25) is 0 Å². The molecule has 1 unspecified atom stereocenters. The number of likely N-dealkylation sites (tertiary alicyclic amines) is 1. The molecule has 1 atom stereocenters. The summed E-state index contributed by atoms with van der Waals surface area (Å²) in [6.45, 7) is 11.2. The third-order valence-electron chi connectivity index (χ3n) is 4.86. The largest absolute Gasteiger partial charge is 0.481 e. The number of rotatable bonds is 5. The molecule has 2 aliphatic rings. The highest BCUT2D eigenvalue weighted by Crippen LogP contribution is 2.27. The number of nitrogens with zero attached hydrogens (tertiary/aromatic N) is 2. The van der Waals surface area contributed by atoms with Crippen molar-refractivity contribution >= 4 is 5.97 Å². The number of piperazine rings is 1. The van der Waals surface area contributed by atoms with Gasteiger partial charge in [0, 0.05) is 38.8 Å². The summed E-state index contributed by atoms with van der Waals surface area (Å²) in [4.78, 5) is 16.4. The smallest absolute Gasteiger partial charge is 0.308 e. The first-order chi connectivity index (χ1) is 9.58. The summed E-state index contributed by atoms with van der Waals surface area (Å²) in [5, 5.41) is 12.9. The van der Waals surface area contributed by atoms with Gasteiger partial charge in [-0.2, -0.15) is 0 Å². The van der Waals surface area contributed by atoms with Crippen LogP contribution in [-0.4, -0.2) is 72.7 Å². The minimum absolute atomic E-state index is 0.192. The van der Waals surface area contributed by atoms with E-state index in [0.717, 1.165) is 58.7 Å². The lowest BCUT2D eigenvalue weighted by molar-refractivity contribution is -0.145. The minimum atomic E-state index is -0.605. The number of nitrogens with one attached hydrogen (secondary N) is 1. The van der Waals surface area contributed by atoms with Crippen molar-refractivity contribution in [2.24, 2.45) is 11.8 Å². The van der Waals surface area contributed by atoms with Gasteiger partial charge in [0.05, 0.1) is 5.92 Å². The van der Waals surface area contributed by atoms with Crippen molar-refractivity contribution in [2.75, 3.05) is 45.8 Å². The Morgan fingerprint density at radius 3 is 2.30 bits per heavy atom. The summed E-state index contributed by atoms with van der Waals surface area (Å²) in [6.07, 6.45) is 2.06. The number of hydrogen-bond acceptors (Lipinski definition) is 4. The van der Waals surface area contributed by atoms with Gasteiger partial charge in [0.25, 0.3) is 0 Å². The first-order valence-electron chi connectivity index (χ1n) is 7.98. The van der Waals surface area contributed by atoms with Gasteiger partial charge in [-0.1, -0.05) is 0 Å². The summed E-state index contributed by atoms with van der Waals surface area (Å²) < 4.78 is 0. The molecule has 5 nitrogen and oxygen atoms in total. The molecule has 0 aromatic carbocycles. The molecule has 5 heteroatoms. The standard InChI is InChI=1S/C15H29N3O2/c1-12(2)18-7-3-13(4-8-18)14(15(19)20)11-17-9-5-16-6-10-17/h12-14,16H,3-11H2,1-2H3,(H,19,20). The van der Waals surface area contributed by atoms with Crippen LogP contribution in [0.25, 0.3) is 0 Å². The molecule has 2 N–H and O–H groups in total. The molecule has 0 saturated carbocycles. The zero-order valence-corrected chi connectivity index (χ0v) is 12.8. The van der Waals surface area contributed by atoms with E-state index in [-0.39, 0.29) is 5.92 Å². The molecule has 2 rings (SSSR count). The first kappa shape index (κ1) is 15.7. The Bertz CT molecular complexity index is 308. The van der Waals surface area contributed by atoms with E-state index in [2.05, 4.69) is 29.0 Å². The van der Waals surface area contributed by atoms with Crippen LogP contribution >= 0.6 is 0 Å². The van der Waals surface area contributed by atoms with Crippen LogP contribution in [-0.2, 0) is 4.79 Å². The van der Waals surface area contributed by atoms with Crippen LogP contribution in [0.2, 0.25) is 0 Å². The molecule has 2 heterocycles. The van der Waals surface area contributed by atoms with E-state index in [4.69, 9.17) is 0 Å². The molecule has 0 radical (unpaired) electrons. The fourth-order valence-corrected chi connectivity index (χ4v) is 3.44. The van der Waals surface area contributed by atoms with Crippen molar-refractivity contribution < 1.29 is 9.90 Å². The lowest BCUT2D eigenvalue weighted by Crippen LogP contribution is -2.49. The van der Waals surface area contributed by atoms with Crippen molar-refractivity contribution in [2.45, 2.75) is 32.7 Å². The Balaban J connectivity index is 1.87. The predicted octanol–water partition coefficient (Wildman–Crippen LogP) is 0.713. The molecule has 20 heavy (non-hydrogen) atoms. The molecular formula is C15H29N3O2. The number of carbonyl (C=O) groups is 1. The maximum absolute atomic E-state index is 11.6. The van der Waals surface area contributed by atoms with Gasteiger partial charge in [-0.15, -0.1) is 0 Å². The van der Waals surface area contributed by atoms with Crippen molar-refractivity contribution in [3.8, 4) is 0 Å². The Morgan fingerprint density at radius 1 is 1.20 bits per heavy atom. The molecular weight excluding hydrogens is 254 g/mol. The van der Waals surface area contributed by atoms with E-state index in [1.165, 1.54) is 0 Å². The Morgan fingerprint density at radius 2 is 1.80 bits per heavy atom. The molecule has 0 aromatic heterocycles. The average molecular weight is 283 g/mol. The van der Waals surface area contributed by atoms with Crippen LogP contribution in [0.3, 0.4) is 0 Å². The second kappa shape index (κ2) is 7.38. The monoisotopic (exact) mass is 283 g/mol. The maximum atomic E-state index is 11.6. The highest BCUT2D eigenvalue weighted by atomic mass is 16.4. The Kier molecular flexibility index (Phi) is 5.81. The second-order valence-electron chi connectivity index (χ2n) is 6.46. The van der Waals surface area contributed by atoms with Crippen LogP contribution in [0.5, 0.6) is 0 Å².